The molecule has 24 heavy (non-hydrogen) atoms. The summed E-state index contributed by atoms with van der Waals surface area (Å²) in [5, 5.41) is 2.90. The highest BCUT2D eigenvalue weighted by Crippen LogP contribution is 2.11. The van der Waals surface area contributed by atoms with Crippen LogP contribution < -0.4 is 11.0 Å². The Labute approximate surface area is 140 Å². The Morgan fingerprint density at radius 3 is 2.42 bits per heavy atom. The molecule has 0 saturated carbocycles. The van der Waals surface area contributed by atoms with Gasteiger partial charge in [-0.2, -0.15) is 0 Å². The van der Waals surface area contributed by atoms with Crippen molar-refractivity contribution in [1.82, 2.24) is 14.5 Å². The minimum absolute atomic E-state index is 0.0598. The summed E-state index contributed by atoms with van der Waals surface area (Å²) in [6.45, 7) is 2.91. The molecule has 3 aromatic rings. The molecule has 5 nitrogen and oxygen atoms in total. The molecule has 0 unspecified atom stereocenters. The van der Waals surface area contributed by atoms with Crippen LogP contribution in [0.4, 0.5) is 0 Å². The van der Waals surface area contributed by atoms with Gasteiger partial charge in [0.2, 0.25) is 5.91 Å². The maximum absolute atomic E-state index is 12.3. The van der Waals surface area contributed by atoms with Crippen LogP contribution in [0, 0.1) is 6.92 Å². The van der Waals surface area contributed by atoms with E-state index in [0.29, 0.717) is 13.1 Å². The van der Waals surface area contributed by atoms with E-state index in [9.17, 15) is 9.59 Å². The molecule has 0 aliphatic rings. The van der Waals surface area contributed by atoms with Crippen LogP contribution in [0.2, 0.25) is 0 Å². The van der Waals surface area contributed by atoms with Crippen LogP contribution in [-0.2, 0) is 24.9 Å². The third kappa shape index (κ3) is 3.25. The van der Waals surface area contributed by atoms with Crippen molar-refractivity contribution >= 4 is 16.9 Å². The van der Waals surface area contributed by atoms with Crippen LogP contribution in [0.3, 0.4) is 0 Å². The van der Waals surface area contributed by atoms with Crippen molar-refractivity contribution in [3.05, 3.63) is 70.1 Å². The molecule has 1 amide bonds. The van der Waals surface area contributed by atoms with Crippen molar-refractivity contribution in [3.8, 4) is 0 Å². The fourth-order valence-electron chi connectivity index (χ4n) is 2.79. The molecule has 0 fully saturated rings. The first-order chi connectivity index (χ1) is 11.6. The molecule has 2 aromatic carbocycles. The van der Waals surface area contributed by atoms with Crippen molar-refractivity contribution in [2.45, 2.75) is 26.4 Å². The summed E-state index contributed by atoms with van der Waals surface area (Å²) in [7, 11) is 1.75. The quantitative estimate of drug-likeness (QED) is 0.783. The predicted molar refractivity (Wildman–Crippen MR) is 94.8 cm³/mol. The second-order valence-corrected chi connectivity index (χ2v) is 5.99. The van der Waals surface area contributed by atoms with E-state index in [1.807, 2.05) is 55.5 Å². The largest absolute Gasteiger partial charge is 0.352 e. The summed E-state index contributed by atoms with van der Waals surface area (Å²) in [6, 6.07) is 15.7. The number of amides is 1. The second-order valence-electron chi connectivity index (χ2n) is 5.99. The van der Waals surface area contributed by atoms with E-state index in [1.54, 1.807) is 16.2 Å². The first-order valence-electron chi connectivity index (χ1n) is 8.03. The van der Waals surface area contributed by atoms with E-state index >= 15 is 0 Å². The Hall–Kier alpha value is -2.82. The summed E-state index contributed by atoms with van der Waals surface area (Å²) in [6.07, 6.45) is 0.278. The number of imidazole rings is 1. The normalized spacial score (nSPS) is 10.9. The number of carbonyl (C=O) groups excluding carboxylic acids is 1. The van der Waals surface area contributed by atoms with E-state index in [-0.39, 0.29) is 18.0 Å². The Morgan fingerprint density at radius 1 is 1.04 bits per heavy atom. The van der Waals surface area contributed by atoms with Gasteiger partial charge in [0.05, 0.1) is 11.0 Å². The van der Waals surface area contributed by atoms with E-state index in [2.05, 4.69) is 5.32 Å². The van der Waals surface area contributed by atoms with Crippen LogP contribution in [0.5, 0.6) is 0 Å². The van der Waals surface area contributed by atoms with Gasteiger partial charge >= 0.3 is 5.69 Å². The smallest absolute Gasteiger partial charge is 0.328 e. The summed E-state index contributed by atoms with van der Waals surface area (Å²) in [4.78, 5) is 24.4. The van der Waals surface area contributed by atoms with Crippen molar-refractivity contribution in [2.75, 3.05) is 0 Å². The third-order valence-corrected chi connectivity index (χ3v) is 4.22. The van der Waals surface area contributed by atoms with Gasteiger partial charge in [-0.1, -0.05) is 42.0 Å². The Bertz CT molecular complexity index is 920. The van der Waals surface area contributed by atoms with Gasteiger partial charge in [0.15, 0.2) is 0 Å². The number of aromatic nitrogens is 2. The lowest BCUT2D eigenvalue weighted by atomic mass is 10.1. The SMILES string of the molecule is Cc1ccc(CNC(=O)CCn2c(=O)n(C)c3ccccc32)cc1. The van der Waals surface area contributed by atoms with Gasteiger partial charge in [0.1, 0.15) is 0 Å². The molecule has 0 aliphatic carbocycles. The number of nitrogens with zero attached hydrogens (tertiary/aromatic N) is 2. The maximum atomic E-state index is 12.3. The molecule has 1 N–H and O–H groups in total. The molecule has 0 atom stereocenters. The number of hydrogen-bond donors (Lipinski definition) is 1. The van der Waals surface area contributed by atoms with Crippen molar-refractivity contribution < 1.29 is 4.79 Å². The average Bonchev–Trinajstić information content (AvgIpc) is 2.84. The first-order valence-corrected chi connectivity index (χ1v) is 8.03. The predicted octanol–water partition coefficient (Wildman–Crippen LogP) is 2.35. The third-order valence-electron chi connectivity index (χ3n) is 4.22. The molecule has 0 radical (unpaired) electrons. The number of nitrogens with one attached hydrogen (secondary N) is 1. The van der Waals surface area contributed by atoms with Gasteiger partial charge in [0.25, 0.3) is 0 Å². The van der Waals surface area contributed by atoms with Gasteiger partial charge in [-0.05, 0) is 24.6 Å². The van der Waals surface area contributed by atoms with Gasteiger partial charge in [-0.15, -0.1) is 0 Å². The Morgan fingerprint density at radius 2 is 1.71 bits per heavy atom. The first kappa shape index (κ1) is 16.1. The van der Waals surface area contributed by atoms with Gasteiger partial charge in [0, 0.05) is 26.6 Å². The lowest BCUT2D eigenvalue weighted by Crippen LogP contribution is -2.27. The number of para-hydroxylation sites is 2. The fourth-order valence-corrected chi connectivity index (χ4v) is 2.79. The average molecular weight is 323 g/mol. The molecule has 124 valence electrons. The van der Waals surface area contributed by atoms with Crippen molar-refractivity contribution in [2.24, 2.45) is 7.05 Å². The van der Waals surface area contributed by atoms with Gasteiger partial charge in [-0.3, -0.25) is 13.9 Å². The summed E-state index contributed by atoms with van der Waals surface area (Å²) >= 11 is 0. The van der Waals surface area contributed by atoms with Crippen molar-refractivity contribution in [3.63, 3.8) is 0 Å². The van der Waals surface area contributed by atoms with E-state index in [0.717, 1.165) is 16.6 Å². The van der Waals surface area contributed by atoms with Gasteiger partial charge in [-0.25, -0.2) is 4.79 Å². The molecule has 5 heteroatoms. The molecular formula is C19H21N3O2. The summed E-state index contributed by atoms with van der Waals surface area (Å²) in [5.74, 6) is -0.0598. The number of carbonyl (C=O) groups is 1. The molecule has 3 rings (SSSR count). The highest BCUT2D eigenvalue weighted by molar-refractivity contribution is 5.77. The molecule has 0 bridgehead atoms. The minimum Gasteiger partial charge on any atom is -0.352 e. The number of rotatable bonds is 5. The van der Waals surface area contributed by atoms with Crippen LogP contribution in [0.15, 0.2) is 53.3 Å². The van der Waals surface area contributed by atoms with Crippen LogP contribution in [0.25, 0.3) is 11.0 Å². The highest BCUT2D eigenvalue weighted by Gasteiger charge is 2.11. The molecular weight excluding hydrogens is 302 g/mol. The van der Waals surface area contributed by atoms with Crippen LogP contribution in [-0.4, -0.2) is 15.0 Å². The number of fused-ring (bicyclic) bond motifs is 1. The molecule has 0 spiro atoms. The topological polar surface area (TPSA) is 56.0 Å². The highest BCUT2D eigenvalue weighted by atomic mass is 16.2. The van der Waals surface area contributed by atoms with E-state index < -0.39 is 0 Å². The van der Waals surface area contributed by atoms with E-state index in [4.69, 9.17) is 0 Å². The number of benzene rings is 2. The fraction of sp³-hybridized carbons (Fsp3) is 0.263. The molecule has 1 heterocycles. The Kier molecular flexibility index (Phi) is 4.51. The standard InChI is InChI=1S/C19H21N3O2/c1-14-7-9-15(10-8-14)13-20-18(23)11-12-22-17-6-4-3-5-16(17)21(2)19(22)24/h3-10H,11-13H2,1-2H3,(H,20,23). The number of aryl methyl sites for hydroxylation is 3. The summed E-state index contributed by atoms with van der Waals surface area (Å²) in [5.41, 5.74) is 3.90. The second kappa shape index (κ2) is 6.74. The molecule has 0 saturated heterocycles. The zero-order chi connectivity index (χ0) is 17.1. The van der Waals surface area contributed by atoms with Gasteiger partial charge < -0.3 is 5.32 Å². The maximum Gasteiger partial charge on any atom is 0.328 e. The van der Waals surface area contributed by atoms with Crippen molar-refractivity contribution in [1.29, 1.82) is 0 Å². The monoisotopic (exact) mass is 323 g/mol. The summed E-state index contributed by atoms with van der Waals surface area (Å²) < 4.78 is 3.26. The minimum atomic E-state index is -0.0949. The molecule has 0 aliphatic heterocycles. The lowest BCUT2D eigenvalue weighted by molar-refractivity contribution is -0.121. The number of hydrogen-bond acceptors (Lipinski definition) is 2. The Balaban J connectivity index is 1.63. The van der Waals surface area contributed by atoms with Crippen LogP contribution in [0.1, 0.15) is 17.5 Å². The zero-order valence-electron chi connectivity index (χ0n) is 14.0. The lowest BCUT2D eigenvalue weighted by Gasteiger charge is -2.07. The molecule has 1 aromatic heterocycles. The van der Waals surface area contributed by atoms with E-state index in [1.165, 1.54) is 5.56 Å². The van der Waals surface area contributed by atoms with Crippen LogP contribution >= 0.6 is 0 Å². The zero-order valence-corrected chi connectivity index (χ0v) is 14.0.